The summed E-state index contributed by atoms with van der Waals surface area (Å²) in [6.45, 7) is 8.66. The number of rotatable bonds is 4. The van der Waals surface area contributed by atoms with Crippen LogP contribution in [0.1, 0.15) is 33.3 Å². The fraction of sp³-hybridized carbons (Fsp3) is 0.333. The SMILES string of the molecule is CCN(c1ccc(C(C)(C)C)cc1)S(=O)(=O)c1ccccc1. The smallest absolute Gasteiger partial charge is 0.264 e. The highest BCUT2D eigenvalue weighted by Crippen LogP contribution is 2.27. The molecule has 2 aromatic rings. The molecule has 0 aliphatic rings. The molecule has 22 heavy (non-hydrogen) atoms. The highest BCUT2D eigenvalue weighted by molar-refractivity contribution is 7.92. The lowest BCUT2D eigenvalue weighted by Gasteiger charge is -2.25. The third kappa shape index (κ3) is 3.33. The molecule has 4 heteroatoms. The number of sulfonamides is 1. The van der Waals surface area contributed by atoms with Crippen molar-refractivity contribution in [2.24, 2.45) is 0 Å². The lowest BCUT2D eigenvalue weighted by molar-refractivity contribution is 0.589. The van der Waals surface area contributed by atoms with Gasteiger partial charge in [-0.15, -0.1) is 0 Å². The molecule has 3 nitrogen and oxygen atoms in total. The van der Waals surface area contributed by atoms with Crippen LogP contribution >= 0.6 is 0 Å². The molecule has 0 unspecified atom stereocenters. The van der Waals surface area contributed by atoms with Gasteiger partial charge in [0, 0.05) is 6.54 Å². The molecule has 0 aliphatic carbocycles. The third-order valence-electron chi connectivity index (χ3n) is 3.64. The van der Waals surface area contributed by atoms with Crippen molar-refractivity contribution in [3.8, 4) is 0 Å². The van der Waals surface area contributed by atoms with Crippen molar-refractivity contribution in [3.63, 3.8) is 0 Å². The van der Waals surface area contributed by atoms with E-state index in [4.69, 9.17) is 0 Å². The average molecular weight is 317 g/mol. The first kappa shape index (κ1) is 16.6. The Balaban J connectivity index is 2.41. The molecule has 0 amide bonds. The molecule has 2 aromatic carbocycles. The van der Waals surface area contributed by atoms with Crippen molar-refractivity contribution < 1.29 is 8.42 Å². The van der Waals surface area contributed by atoms with E-state index >= 15 is 0 Å². The lowest BCUT2D eigenvalue weighted by Crippen LogP contribution is -2.30. The molecule has 0 spiro atoms. The van der Waals surface area contributed by atoms with E-state index in [2.05, 4.69) is 20.8 Å². The van der Waals surface area contributed by atoms with Crippen molar-refractivity contribution in [1.82, 2.24) is 0 Å². The van der Waals surface area contributed by atoms with Gasteiger partial charge >= 0.3 is 0 Å². The zero-order valence-corrected chi connectivity index (χ0v) is 14.4. The zero-order valence-electron chi connectivity index (χ0n) is 13.6. The summed E-state index contributed by atoms with van der Waals surface area (Å²) in [5, 5.41) is 0. The fourth-order valence-corrected chi connectivity index (χ4v) is 3.83. The number of anilines is 1. The van der Waals surface area contributed by atoms with Gasteiger partial charge in [-0.2, -0.15) is 0 Å². The lowest BCUT2D eigenvalue weighted by atomic mass is 9.87. The van der Waals surface area contributed by atoms with Gasteiger partial charge < -0.3 is 0 Å². The van der Waals surface area contributed by atoms with Crippen molar-refractivity contribution in [2.75, 3.05) is 10.8 Å². The Labute approximate surface area is 133 Å². The second-order valence-corrected chi connectivity index (χ2v) is 8.14. The van der Waals surface area contributed by atoms with Crippen LogP contribution in [0.3, 0.4) is 0 Å². The van der Waals surface area contributed by atoms with E-state index in [0.717, 1.165) is 0 Å². The van der Waals surface area contributed by atoms with Gasteiger partial charge in [-0.1, -0.05) is 51.1 Å². The summed E-state index contributed by atoms with van der Waals surface area (Å²) in [5.74, 6) is 0. The van der Waals surface area contributed by atoms with E-state index in [1.165, 1.54) is 9.87 Å². The minimum absolute atomic E-state index is 0.0495. The number of nitrogens with zero attached hydrogens (tertiary/aromatic N) is 1. The van der Waals surface area contributed by atoms with Crippen LogP contribution in [0.15, 0.2) is 59.5 Å². The molecule has 0 atom stereocenters. The van der Waals surface area contributed by atoms with Gasteiger partial charge in [-0.25, -0.2) is 8.42 Å². The normalized spacial score (nSPS) is 12.2. The second kappa shape index (κ2) is 6.13. The first-order valence-electron chi connectivity index (χ1n) is 7.45. The molecule has 0 fully saturated rings. The van der Waals surface area contributed by atoms with Gasteiger partial charge in [0.2, 0.25) is 0 Å². The van der Waals surface area contributed by atoms with Gasteiger partial charge in [-0.3, -0.25) is 4.31 Å². The minimum atomic E-state index is -3.52. The topological polar surface area (TPSA) is 37.4 Å². The maximum absolute atomic E-state index is 12.8. The number of benzene rings is 2. The van der Waals surface area contributed by atoms with Crippen LogP contribution in [0.2, 0.25) is 0 Å². The maximum atomic E-state index is 12.8. The Morgan fingerprint density at radius 1 is 0.909 bits per heavy atom. The molecule has 2 rings (SSSR count). The van der Waals surface area contributed by atoms with Crippen LogP contribution in [0.25, 0.3) is 0 Å². The summed E-state index contributed by atoms with van der Waals surface area (Å²) < 4.78 is 27.0. The summed E-state index contributed by atoms with van der Waals surface area (Å²) in [7, 11) is -3.52. The van der Waals surface area contributed by atoms with Crippen molar-refractivity contribution >= 4 is 15.7 Å². The van der Waals surface area contributed by atoms with Crippen molar-refractivity contribution in [2.45, 2.75) is 38.0 Å². The van der Waals surface area contributed by atoms with Gasteiger partial charge in [0.15, 0.2) is 0 Å². The van der Waals surface area contributed by atoms with Crippen LogP contribution in [-0.2, 0) is 15.4 Å². The highest BCUT2D eigenvalue weighted by Gasteiger charge is 2.23. The third-order valence-corrected chi connectivity index (χ3v) is 5.56. The Bertz CT molecular complexity index is 714. The van der Waals surface area contributed by atoms with Crippen molar-refractivity contribution in [1.29, 1.82) is 0 Å². The van der Waals surface area contributed by atoms with Crippen LogP contribution in [0.5, 0.6) is 0 Å². The predicted octanol–water partition coefficient (Wildman–Crippen LogP) is 4.20. The van der Waals surface area contributed by atoms with E-state index in [1.54, 1.807) is 24.3 Å². The van der Waals surface area contributed by atoms with Crippen LogP contribution < -0.4 is 4.31 Å². The summed E-state index contributed by atoms with van der Waals surface area (Å²) in [5.41, 5.74) is 1.93. The number of hydrogen-bond donors (Lipinski definition) is 0. The predicted molar refractivity (Wildman–Crippen MR) is 91.8 cm³/mol. The van der Waals surface area contributed by atoms with Crippen molar-refractivity contribution in [3.05, 3.63) is 60.2 Å². The molecule has 0 saturated carbocycles. The second-order valence-electron chi connectivity index (χ2n) is 6.28. The highest BCUT2D eigenvalue weighted by atomic mass is 32.2. The van der Waals surface area contributed by atoms with E-state index in [9.17, 15) is 8.42 Å². The minimum Gasteiger partial charge on any atom is -0.267 e. The first-order chi connectivity index (χ1) is 10.3. The van der Waals surface area contributed by atoms with E-state index in [-0.39, 0.29) is 5.41 Å². The monoisotopic (exact) mass is 317 g/mol. The Morgan fingerprint density at radius 2 is 1.45 bits per heavy atom. The molecule has 118 valence electrons. The summed E-state index contributed by atoms with van der Waals surface area (Å²) >= 11 is 0. The molecule has 0 bridgehead atoms. The quantitative estimate of drug-likeness (QED) is 0.847. The number of hydrogen-bond acceptors (Lipinski definition) is 2. The zero-order chi connectivity index (χ0) is 16.4. The Hall–Kier alpha value is -1.81. The largest absolute Gasteiger partial charge is 0.267 e. The van der Waals surface area contributed by atoms with Crippen LogP contribution in [0.4, 0.5) is 5.69 Å². The standard InChI is InChI=1S/C18H23NO2S/c1-5-19(22(20,21)17-9-7-6-8-10-17)16-13-11-15(12-14-16)18(2,3)4/h6-14H,5H2,1-4H3. The van der Waals surface area contributed by atoms with Gasteiger partial charge in [0.1, 0.15) is 0 Å². The van der Waals surface area contributed by atoms with E-state index in [1.807, 2.05) is 37.3 Å². The Kier molecular flexibility index (Phi) is 4.61. The molecule has 0 N–H and O–H groups in total. The average Bonchev–Trinajstić information content (AvgIpc) is 2.48. The molecule has 0 saturated heterocycles. The van der Waals surface area contributed by atoms with E-state index < -0.39 is 10.0 Å². The van der Waals surface area contributed by atoms with Gasteiger partial charge in [0.05, 0.1) is 10.6 Å². The van der Waals surface area contributed by atoms with Crippen LogP contribution in [-0.4, -0.2) is 15.0 Å². The van der Waals surface area contributed by atoms with E-state index in [0.29, 0.717) is 17.1 Å². The summed E-state index contributed by atoms with van der Waals surface area (Å²) in [6.07, 6.45) is 0. The molecular formula is C18H23NO2S. The van der Waals surface area contributed by atoms with Gasteiger partial charge in [-0.05, 0) is 42.2 Å². The summed E-state index contributed by atoms with van der Waals surface area (Å²) in [6, 6.07) is 16.3. The Morgan fingerprint density at radius 3 is 1.91 bits per heavy atom. The van der Waals surface area contributed by atoms with Crippen LogP contribution in [0, 0.1) is 0 Å². The fourth-order valence-electron chi connectivity index (χ4n) is 2.34. The molecule has 0 aromatic heterocycles. The molecule has 0 radical (unpaired) electrons. The molecule has 0 heterocycles. The summed E-state index contributed by atoms with van der Waals surface area (Å²) in [4.78, 5) is 0.316. The van der Waals surface area contributed by atoms with Gasteiger partial charge in [0.25, 0.3) is 10.0 Å². The molecule has 0 aliphatic heterocycles. The maximum Gasteiger partial charge on any atom is 0.264 e. The molecular weight excluding hydrogens is 294 g/mol. The first-order valence-corrected chi connectivity index (χ1v) is 8.89.